The number of nitrogens with one attached hydrogen (secondary N) is 3. The molecule has 1 aromatic carbocycles. The molecule has 22 nitrogen and oxygen atoms in total. The minimum absolute atomic E-state index is 0.0249. The maximum atomic E-state index is 12.3. The lowest BCUT2D eigenvalue weighted by atomic mass is 10.1. The molecule has 4 rings (SSSR count). The first-order chi connectivity index (χ1) is 32.4. The topological polar surface area (TPSA) is 283 Å². The third-order valence-electron chi connectivity index (χ3n) is 9.40. The van der Waals surface area contributed by atoms with Crippen LogP contribution in [0, 0.1) is 12.3 Å². The molecule has 0 saturated heterocycles. The number of anilines is 2. The van der Waals surface area contributed by atoms with Crippen molar-refractivity contribution in [1.82, 2.24) is 40.7 Å². The van der Waals surface area contributed by atoms with Gasteiger partial charge in [0.25, 0.3) is 6.01 Å². The van der Waals surface area contributed by atoms with E-state index in [-0.39, 0.29) is 36.6 Å². The Morgan fingerprint density at radius 2 is 1.15 bits per heavy atom. The Hall–Kier alpha value is -5.51. The van der Waals surface area contributed by atoms with E-state index in [1.54, 1.807) is 10.7 Å². The van der Waals surface area contributed by atoms with Crippen molar-refractivity contribution in [1.29, 1.82) is 0 Å². The zero-order valence-corrected chi connectivity index (χ0v) is 37.8. The normalized spacial score (nSPS) is 11.3. The van der Waals surface area contributed by atoms with E-state index in [4.69, 9.17) is 65.3 Å². The van der Waals surface area contributed by atoms with Gasteiger partial charge in [-0.1, -0.05) is 0 Å². The summed E-state index contributed by atoms with van der Waals surface area (Å²) in [6.07, 6.45) is 10.3. The Balaban J connectivity index is 0.848. The van der Waals surface area contributed by atoms with Crippen LogP contribution in [0.4, 0.5) is 11.8 Å². The van der Waals surface area contributed by atoms with E-state index >= 15 is 0 Å². The first-order valence-corrected chi connectivity index (χ1v) is 22.3. The highest BCUT2D eigenvalue weighted by atomic mass is 16.6. The van der Waals surface area contributed by atoms with E-state index in [0.29, 0.717) is 185 Å². The number of nitrogen functional groups attached to an aromatic ring is 2. The number of amides is 3. The summed E-state index contributed by atoms with van der Waals surface area (Å²) in [5.74, 6) is 2.61. The van der Waals surface area contributed by atoms with E-state index in [0.717, 1.165) is 18.4 Å². The molecule has 0 unspecified atom stereocenters. The fourth-order valence-corrected chi connectivity index (χ4v) is 6.09. The number of carbonyl (C=O) groups excluding carboxylic acids is 3. The van der Waals surface area contributed by atoms with Crippen LogP contribution in [0.2, 0.25) is 0 Å². The molecule has 0 aliphatic heterocycles. The number of rotatable bonds is 39. The van der Waals surface area contributed by atoms with Crippen molar-refractivity contribution < 1.29 is 56.7 Å². The van der Waals surface area contributed by atoms with Crippen LogP contribution in [0.15, 0.2) is 28.9 Å². The van der Waals surface area contributed by atoms with Gasteiger partial charge in [0.1, 0.15) is 23.4 Å². The van der Waals surface area contributed by atoms with E-state index in [2.05, 4.69) is 36.8 Å². The Morgan fingerprint density at radius 1 is 0.636 bits per heavy atom. The molecule has 0 saturated carbocycles. The monoisotopic (exact) mass is 926 g/mol. The van der Waals surface area contributed by atoms with Crippen LogP contribution in [0.5, 0.6) is 0 Å². The van der Waals surface area contributed by atoms with Crippen molar-refractivity contribution in [2.75, 3.05) is 137 Å². The first kappa shape index (κ1) is 53.1. The zero-order valence-electron chi connectivity index (χ0n) is 37.8. The molecule has 0 radical (unpaired) electrons. The minimum Gasteiger partial charge on any atom is -0.424 e. The molecule has 66 heavy (non-hydrogen) atoms. The summed E-state index contributed by atoms with van der Waals surface area (Å²) in [6.45, 7) is 8.18. The molecule has 0 fully saturated rings. The van der Waals surface area contributed by atoms with Crippen molar-refractivity contribution in [2.24, 2.45) is 0 Å². The summed E-state index contributed by atoms with van der Waals surface area (Å²) in [5, 5.41) is 13.9. The average molecular weight is 927 g/mol. The fraction of sp³-hybridized carbons (Fsp3) is 0.614. The van der Waals surface area contributed by atoms with Gasteiger partial charge in [-0.3, -0.25) is 14.4 Å². The molecule has 0 aliphatic carbocycles. The van der Waals surface area contributed by atoms with Crippen LogP contribution in [-0.4, -0.2) is 168 Å². The number of terminal acetylenes is 1. The van der Waals surface area contributed by atoms with Gasteiger partial charge in [0, 0.05) is 57.4 Å². The summed E-state index contributed by atoms with van der Waals surface area (Å²) in [4.78, 5) is 48.6. The largest absolute Gasteiger partial charge is 0.424 e. The number of nitrogens with two attached hydrogens (primary N) is 2. The second kappa shape index (κ2) is 33.0. The molecule has 0 bridgehead atoms. The molecular formula is C44H66N10O12. The maximum absolute atomic E-state index is 12.3. The first-order valence-electron chi connectivity index (χ1n) is 22.3. The molecule has 3 aromatic heterocycles. The lowest BCUT2D eigenvalue weighted by Gasteiger charge is -2.09. The van der Waals surface area contributed by atoms with Crippen LogP contribution in [0.25, 0.3) is 33.4 Å². The van der Waals surface area contributed by atoms with Crippen LogP contribution in [-0.2, 0) is 58.8 Å². The van der Waals surface area contributed by atoms with Crippen molar-refractivity contribution in [3.63, 3.8) is 0 Å². The second-order valence-corrected chi connectivity index (χ2v) is 14.5. The lowest BCUT2D eigenvalue weighted by molar-refractivity contribution is -0.123. The van der Waals surface area contributed by atoms with Gasteiger partial charge in [-0.25, -0.2) is 14.6 Å². The second-order valence-electron chi connectivity index (χ2n) is 14.5. The number of hydrogen-bond donors (Lipinski definition) is 5. The Labute approximate surface area is 384 Å². The summed E-state index contributed by atoms with van der Waals surface area (Å²) in [6, 6.07) is 5.58. The highest BCUT2D eigenvalue weighted by Crippen LogP contribution is 2.32. The van der Waals surface area contributed by atoms with Gasteiger partial charge in [0.2, 0.25) is 17.7 Å². The molecule has 3 amide bonds. The molecule has 4 aromatic rings. The van der Waals surface area contributed by atoms with E-state index in [1.165, 1.54) is 6.33 Å². The molecule has 7 N–H and O–H groups in total. The predicted molar refractivity (Wildman–Crippen MR) is 244 cm³/mol. The molecule has 364 valence electrons. The van der Waals surface area contributed by atoms with Crippen LogP contribution < -0.4 is 27.4 Å². The zero-order chi connectivity index (χ0) is 46.9. The van der Waals surface area contributed by atoms with Gasteiger partial charge in [0.15, 0.2) is 11.2 Å². The third kappa shape index (κ3) is 21.7. The molecular weight excluding hydrogens is 861 g/mol. The summed E-state index contributed by atoms with van der Waals surface area (Å²) < 4.78 is 51.0. The molecule has 0 spiro atoms. The predicted octanol–water partition coefficient (Wildman–Crippen LogP) is 1.64. The van der Waals surface area contributed by atoms with Gasteiger partial charge in [0.05, 0.1) is 111 Å². The minimum atomic E-state index is -0.119. The van der Waals surface area contributed by atoms with Crippen LogP contribution >= 0.6 is 0 Å². The highest BCUT2D eigenvalue weighted by molar-refractivity contribution is 5.99. The van der Waals surface area contributed by atoms with E-state index < -0.39 is 0 Å². The Morgan fingerprint density at radius 3 is 1.71 bits per heavy atom. The number of oxazole rings is 1. The van der Waals surface area contributed by atoms with Gasteiger partial charge in [-0.2, -0.15) is 10.1 Å². The fourth-order valence-electron chi connectivity index (χ4n) is 6.09. The average Bonchev–Trinajstić information content (AvgIpc) is 3.88. The number of carbonyl (C=O) groups is 3. The van der Waals surface area contributed by atoms with Crippen LogP contribution in [0.1, 0.15) is 44.9 Å². The number of fused-ring (bicyclic) bond motifs is 2. The van der Waals surface area contributed by atoms with Gasteiger partial charge in [-0.05, 0) is 37.5 Å². The quantitative estimate of drug-likeness (QED) is 0.0314. The van der Waals surface area contributed by atoms with Gasteiger partial charge >= 0.3 is 0 Å². The van der Waals surface area contributed by atoms with E-state index in [9.17, 15) is 14.4 Å². The van der Waals surface area contributed by atoms with Gasteiger partial charge in [-0.15, -0.1) is 12.3 Å². The molecule has 0 aliphatic rings. The van der Waals surface area contributed by atoms with Gasteiger partial charge < -0.3 is 69.7 Å². The van der Waals surface area contributed by atoms with E-state index in [1.807, 2.05) is 12.1 Å². The third-order valence-corrected chi connectivity index (χ3v) is 9.40. The Kier molecular flexibility index (Phi) is 26.6. The molecule has 0 atom stereocenters. The number of aryl methyl sites for hydroxylation is 1. The summed E-state index contributed by atoms with van der Waals surface area (Å²) in [5.41, 5.74) is 15.2. The number of nitrogens with zero attached hydrogens (tertiary/aromatic N) is 5. The number of aromatic nitrogens is 5. The SMILES string of the molecule is C#CCCCC(=O)NCCOCCOCCOCCOCCC(=O)NCCOCCOCCOCCOCCC(=O)NCCCCn1nc(-c2ccc3oc(N)nc3c2)c2c(N)ncnc21. The number of ether oxygens (including phenoxy) is 8. The molecule has 3 heterocycles. The molecule has 22 heteroatoms. The summed E-state index contributed by atoms with van der Waals surface area (Å²) in [7, 11) is 0. The lowest BCUT2D eigenvalue weighted by Crippen LogP contribution is -2.28. The number of benzene rings is 1. The standard InChI is InChI=1S/C44H66N10O12/c1-2-3-4-7-37(55)48-13-18-60-22-26-64-30-29-63-25-21-59-17-11-39(57)49-14-19-61-23-27-65-31-28-62-24-20-58-16-10-38(56)47-12-5-6-15-54-43-40(42(45)50-33-51-43)41(53-54)34-8-9-36-35(32-34)52-44(46)66-36/h1,8-9,32-33H,3-7,10-31H2,(H2,46,52)(H,47,56)(H,48,55)(H,49,57)(H2,45,50,51). The number of hydrogen-bond acceptors (Lipinski definition) is 18. The van der Waals surface area contributed by atoms with Crippen molar-refractivity contribution in [2.45, 2.75) is 51.5 Å². The summed E-state index contributed by atoms with van der Waals surface area (Å²) >= 11 is 0. The van der Waals surface area contributed by atoms with Crippen LogP contribution in [0.3, 0.4) is 0 Å². The Bertz CT molecular complexity index is 2040. The highest BCUT2D eigenvalue weighted by Gasteiger charge is 2.18. The van der Waals surface area contributed by atoms with Crippen molar-refractivity contribution in [3.05, 3.63) is 24.5 Å². The van der Waals surface area contributed by atoms with Crippen molar-refractivity contribution in [3.8, 4) is 23.6 Å². The van der Waals surface area contributed by atoms with Crippen molar-refractivity contribution >= 4 is 51.7 Å². The number of unbranched alkanes of at least 4 members (excludes halogenated alkanes) is 2. The smallest absolute Gasteiger partial charge is 0.292 e. The maximum Gasteiger partial charge on any atom is 0.292 e.